The Morgan fingerprint density at radius 3 is 2.33 bits per heavy atom. The van der Waals surface area contributed by atoms with E-state index in [1.165, 1.54) is 19.3 Å². The highest BCUT2D eigenvalue weighted by Crippen LogP contribution is 2.57. The van der Waals surface area contributed by atoms with Gasteiger partial charge >= 0.3 is 0 Å². The molecule has 2 fully saturated rings. The van der Waals surface area contributed by atoms with Crippen LogP contribution in [0.2, 0.25) is 0 Å². The average molecular weight is 274 g/mol. The maximum atomic E-state index is 12.2. The van der Waals surface area contributed by atoms with Crippen LogP contribution in [-0.2, 0) is 9.84 Å². The van der Waals surface area contributed by atoms with Crippen molar-refractivity contribution in [3.05, 3.63) is 0 Å². The van der Waals surface area contributed by atoms with Crippen molar-refractivity contribution in [3.8, 4) is 0 Å². The Labute approximate surface area is 111 Å². The molecular formula is C14H26O3S. The number of aliphatic hydroxyl groups is 1. The molecule has 4 heteroatoms. The van der Waals surface area contributed by atoms with E-state index in [1.807, 2.05) is 0 Å². The first kappa shape index (κ1) is 14.3. The Balaban J connectivity index is 2.06. The van der Waals surface area contributed by atoms with Gasteiger partial charge in [-0.3, -0.25) is 0 Å². The van der Waals surface area contributed by atoms with E-state index in [4.69, 9.17) is 0 Å². The van der Waals surface area contributed by atoms with Crippen molar-refractivity contribution in [2.45, 2.75) is 57.6 Å². The van der Waals surface area contributed by atoms with E-state index in [0.717, 1.165) is 12.3 Å². The van der Waals surface area contributed by atoms with Gasteiger partial charge < -0.3 is 5.11 Å². The molecule has 2 aliphatic rings. The van der Waals surface area contributed by atoms with Gasteiger partial charge in [-0.1, -0.05) is 6.42 Å². The second-order valence-corrected chi connectivity index (χ2v) is 10.1. The van der Waals surface area contributed by atoms with Gasteiger partial charge in [0, 0.05) is 6.61 Å². The molecule has 106 valence electrons. The molecular weight excluding hydrogens is 248 g/mol. The third-order valence-corrected chi connectivity index (χ3v) is 7.83. The third-order valence-electron chi connectivity index (χ3n) is 5.22. The van der Waals surface area contributed by atoms with Crippen LogP contribution >= 0.6 is 0 Å². The summed E-state index contributed by atoms with van der Waals surface area (Å²) in [6.07, 6.45) is 5.34. The minimum atomic E-state index is -3.06. The Hall–Kier alpha value is -0.0900. The summed E-state index contributed by atoms with van der Waals surface area (Å²) in [5.41, 5.74) is -0.0960. The fourth-order valence-corrected chi connectivity index (χ4v) is 5.07. The van der Waals surface area contributed by atoms with Crippen molar-refractivity contribution >= 4 is 9.84 Å². The summed E-state index contributed by atoms with van der Waals surface area (Å²) in [4.78, 5) is 0. The van der Waals surface area contributed by atoms with Crippen LogP contribution in [0.25, 0.3) is 0 Å². The predicted molar refractivity (Wildman–Crippen MR) is 73.1 cm³/mol. The monoisotopic (exact) mass is 274 g/mol. The summed E-state index contributed by atoms with van der Waals surface area (Å²) in [7, 11) is -3.06. The van der Waals surface area contributed by atoms with Gasteiger partial charge in [0.15, 0.2) is 9.84 Å². The molecule has 1 N–H and O–H groups in total. The quantitative estimate of drug-likeness (QED) is 0.856. The summed E-state index contributed by atoms with van der Waals surface area (Å²) in [6.45, 7) is 5.44. The van der Waals surface area contributed by atoms with Gasteiger partial charge in [-0.25, -0.2) is 8.42 Å². The van der Waals surface area contributed by atoms with E-state index in [1.54, 1.807) is 20.8 Å². The number of aliphatic hydroxyl groups excluding tert-OH is 1. The lowest BCUT2D eigenvalue weighted by Crippen LogP contribution is -2.37. The fraction of sp³-hybridized carbons (Fsp3) is 1.00. The smallest absolute Gasteiger partial charge is 0.155 e. The summed E-state index contributed by atoms with van der Waals surface area (Å²) in [5.74, 6) is 1.52. The molecule has 0 aliphatic heterocycles. The van der Waals surface area contributed by atoms with E-state index in [2.05, 4.69) is 0 Å². The van der Waals surface area contributed by atoms with Gasteiger partial charge in [-0.15, -0.1) is 0 Å². The van der Waals surface area contributed by atoms with Crippen molar-refractivity contribution in [2.75, 3.05) is 12.4 Å². The van der Waals surface area contributed by atoms with Crippen LogP contribution in [0, 0.1) is 17.3 Å². The molecule has 2 bridgehead atoms. The van der Waals surface area contributed by atoms with Crippen LogP contribution in [0.15, 0.2) is 0 Å². The van der Waals surface area contributed by atoms with Gasteiger partial charge in [0.2, 0.25) is 0 Å². The second kappa shape index (κ2) is 4.48. The highest BCUT2D eigenvalue weighted by Gasteiger charge is 2.50. The largest absolute Gasteiger partial charge is 0.396 e. The van der Waals surface area contributed by atoms with Gasteiger partial charge in [-0.2, -0.15) is 0 Å². The highest BCUT2D eigenvalue weighted by atomic mass is 32.2. The molecule has 2 saturated carbocycles. The number of sulfone groups is 1. The van der Waals surface area contributed by atoms with Crippen LogP contribution < -0.4 is 0 Å². The Morgan fingerprint density at radius 2 is 1.94 bits per heavy atom. The van der Waals surface area contributed by atoms with E-state index < -0.39 is 14.6 Å². The van der Waals surface area contributed by atoms with E-state index in [0.29, 0.717) is 12.3 Å². The summed E-state index contributed by atoms with van der Waals surface area (Å²) >= 11 is 0. The molecule has 0 saturated heterocycles. The lowest BCUT2D eigenvalue weighted by Gasteiger charge is -2.36. The lowest BCUT2D eigenvalue weighted by molar-refractivity contribution is 0.0618. The molecule has 0 aromatic rings. The maximum absolute atomic E-state index is 12.2. The Morgan fingerprint density at radius 1 is 1.28 bits per heavy atom. The lowest BCUT2D eigenvalue weighted by atomic mass is 9.72. The van der Waals surface area contributed by atoms with Crippen molar-refractivity contribution < 1.29 is 13.5 Å². The first-order chi connectivity index (χ1) is 8.20. The van der Waals surface area contributed by atoms with Crippen LogP contribution in [0.5, 0.6) is 0 Å². The van der Waals surface area contributed by atoms with Gasteiger partial charge in [0.25, 0.3) is 0 Å². The van der Waals surface area contributed by atoms with Gasteiger partial charge in [-0.05, 0) is 63.7 Å². The normalized spacial score (nSPS) is 36.2. The van der Waals surface area contributed by atoms with Gasteiger partial charge in [0.05, 0.1) is 10.5 Å². The first-order valence-corrected chi connectivity index (χ1v) is 8.69. The van der Waals surface area contributed by atoms with Crippen molar-refractivity contribution in [3.63, 3.8) is 0 Å². The molecule has 0 heterocycles. The zero-order valence-electron chi connectivity index (χ0n) is 11.8. The Bertz CT molecular complexity index is 407. The van der Waals surface area contributed by atoms with E-state index in [-0.39, 0.29) is 17.8 Å². The van der Waals surface area contributed by atoms with Gasteiger partial charge in [0.1, 0.15) is 0 Å². The van der Waals surface area contributed by atoms with Crippen LogP contribution in [0.1, 0.15) is 52.9 Å². The summed E-state index contributed by atoms with van der Waals surface area (Å²) in [6, 6.07) is 0. The SMILES string of the molecule is CC(C)(C)S(=O)(=O)CCC1(CO)CC2CCC1C2. The number of hydrogen-bond acceptors (Lipinski definition) is 3. The first-order valence-electron chi connectivity index (χ1n) is 7.03. The molecule has 3 nitrogen and oxygen atoms in total. The van der Waals surface area contributed by atoms with Crippen LogP contribution in [-0.4, -0.2) is 30.6 Å². The molecule has 3 atom stereocenters. The molecule has 0 aromatic heterocycles. The number of hydrogen-bond donors (Lipinski definition) is 1. The highest BCUT2D eigenvalue weighted by molar-refractivity contribution is 7.92. The van der Waals surface area contributed by atoms with Crippen LogP contribution in [0.3, 0.4) is 0 Å². The molecule has 0 spiro atoms. The molecule has 3 unspecified atom stereocenters. The maximum Gasteiger partial charge on any atom is 0.155 e. The minimum absolute atomic E-state index is 0.0960. The number of rotatable bonds is 4. The van der Waals surface area contributed by atoms with Crippen molar-refractivity contribution in [2.24, 2.45) is 17.3 Å². The second-order valence-electron chi connectivity index (χ2n) is 7.28. The molecule has 18 heavy (non-hydrogen) atoms. The average Bonchev–Trinajstić information content (AvgIpc) is 2.85. The number of fused-ring (bicyclic) bond motifs is 2. The topological polar surface area (TPSA) is 54.4 Å². The minimum Gasteiger partial charge on any atom is -0.396 e. The van der Waals surface area contributed by atoms with Crippen molar-refractivity contribution in [1.82, 2.24) is 0 Å². The zero-order valence-corrected chi connectivity index (χ0v) is 12.6. The third kappa shape index (κ3) is 2.34. The van der Waals surface area contributed by atoms with E-state index in [9.17, 15) is 13.5 Å². The summed E-state index contributed by atoms with van der Waals surface area (Å²) in [5, 5.41) is 9.74. The zero-order chi connectivity index (χ0) is 13.6. The summed E-state index contributed by atoms with van der Waals surface area (Å²) < 4.78 is 23.7. The molecule has 0 amide bonds. The standard InChI is InChI=1S/C14H26O3S/c1-13(2,3)18(16,17)7-6-14(10-15)9-11-4-5-12(14)8-11/h11-12,15H,4-10H2,1-3H3. The fourth-order valence-electron chi connectivity index (χ4n) is 3.78. The van der Waals surface area contributed by atoms with E-state index >= 15 is 0 Å². The molecule has 0 aromatic carbocycles. The van der Waals surface area contributed by atoms with Crippen LogP contribution in [0.4, 0.5) is 0 Å². The predicted octanol–water partition coefficient (Wildman–Crippen LogP) is 2.39. The Kier molecular flexibility index (Phi) is 3.56. The molecule has 2 aliphatic carbocycles. The molecule has 2 rings (SSSR count). The van der Waals surface area contributed by atoms with Crippen molar-refractivity contribution in [1.29, 1.82) is 0 Å². The molecule has 0 radical (unpaired) electrons.